The van der Waals surface area contributed by atoms with Gasteiger partial charge in [0.1, 0.15) is 6.04 Å². The number of carboxylic acid groups (broad SMARTS) is 1. The second-order valence-electron chi connectivity index (χ2n) is 4.60. The van der Waals surface area contributed by atoms with E-state index in [0.717, 1.165) is 17.8 Å². The number of nitrogens with zero attached hydrogens (tertiary/aromatic N) is 2. The van der Waals surface area contributed by atoms with Crippen LogP contribution in [0.25, 0.3) is 4.96 Å². The summed E-state index contributed by atoms with van der Waals surface area (Å²) in [6.07, 6.45) is 5.89. The van der Waals surface area contributed by atoms with Crippen LogP contribution in [0.1, 0.15) is 31.9 Å². The van der Waals surface area contributed by atoms with Crippen molar-refractivity contribution in [1.82, 2.24) is 14.7 Å². The van der Waals surface area contributed by atoms with Gasteiger partial charge in [-0.25, -0.2) is 9.78 Å². The van der Waals surface area contributed by atoms with Crippen LogP contribution < -0.4 is 5.32 Å². The SMILES string of the molecule is CCCC[C@H](NC(=O)Cc1cn2ccsc2n1)C(=O)O. The van der Waals surface area contributed by atoms with Crippen LogP contribution in [0.2, 0.25) is 0 Å². The molecule has 1 amide bonds. The Morgan fingerprint density at radius 3 is 3.00 bits per heavy atom. The van der Waals surface area contributed by atoms with Gasteiger partial charge in [-0.15, -0.1) is 11.3 Å². The van der Waals surface area contributed by atoms with Gasteiger partial charge in [-0.3, -0.25) is 9.20 Å². The summed E-state index contributed by atoms with van der Waals surface area (Å²) in [4.78, 5) is 28.1. The van der Waals surface area contributed by atoms with Crippen LogP contribution in [-0.2, 0) is 16.0 Å². The van der Waals surface area contributed by atoms with Gasteiger partial charge in [-0.2, -0.15) is 0 Å². The van der Waals surface area contributed by atoms with Crippen LogP contribution >= 0.6 is 11.3 Å². The van der Waals surface area contributed by atoms with E-state index in [-0.39, 0.29) is 12.3 Å². The van der Waals surface area contributed by atoms with Crippen molar-refractivity contribution in [3.63, 3.8) is 0 Å². The largest absolute Gasteiger partial charge is 0.480 e. The van der Waals surface area contributed by atoms with Crippen molar-refractivity contribution in [2.45, 2.75) is 38.6 Å². The Hall–Kier alpha value is -1.89. The topological polar surface area (TPSA) is 83.7 Å². The first kappa shape index (κ1) is 14.5. The van der Waals surface area contributed by atoms with E-state index in [1.54, 1.807) is 6.20 Å². The summed E-state index contributed by atoms with van der Waals surface area (Å²) in [5, 5.41) is 13.5. The highest BCUT2D eigenvalue weighted by molar-refractivity contribution is 7.15. The fourth-order valence-electron chi connectivity index (χ4n) is 1.94. The molecule has 0 bridgehead atoms. The van der Waals surface area contributed by atoms with Gasteiger partial charge >= 0.3 is 5.97 Å². The van der Waals surface area contributed by atoms with Crippen molar-refractivity contribution in [2.75, 3.05) is 0 Å². The standard InChI is InChI=1S/C13H17N3O3S/c1-2-3-4-10(12(18)19)15-11(17)7-9-8-16-5-6-20-13(16)14-9/h5-6,8,10H,2-4,7H2,1H3,(H,15,17)(H,18,19)/t10-/m0/s1. The van der Waals surface area contributed by atoms with Gasteiger partial charge in [-0.05, 0) is 6.42 Å². The van der Waals surface area contributed by atoms with Gasteiger partial charge in [0.2, 0.25) is 5.91 Å². The number of aromatic nitrogens is 2. The first-order valence-corrected chi connectivity index (χ1v) is 7.41. The summed E-state index contributed by atoms with van der Waals surface area (Å²) >= 11 is 1.49. The molecular weight excluding hydrogens is 278 g/mol. The number of imidazole rings is 1. The molecule has 0 aliphatic heterocycles. The molecule has 20 heavy (non-hydrogen) atoms. The third-order valence-corrected chi connectivity index (χ3v) is 3.74. The molecule has 108 valence electrons. The van der Waals surface area contributed by atoms with Gasteiger partial charge in [0.25, 0.3) is 0 Å². The number of hydrogen-bond donors (Lipinski definition) is 2. The molecule has 7 heteroatoms. The molecule has 0 fully saturated rings. The van der Waals surface area contributed by atoms with Crippen molar-refractivity contribution in [3.05, 3.63) is 23.5 Å². The number of amides is 1. The minimum absolute atomic E-state index is 0.101. The Labute approximate surface area is 120 Å². The predicted octanol–water partition coefficient (Wildman–Crippen LogP) is 1.70. The zero-order valence-electron chi connectivity index (χ0n) is 11.2. The molecule has 0 aliphatic carbocycles. The Kier molecular flexibility index (Phi) is 4.73. The molecule has 0 unspecified atom stereocenters. The number of hydrogen-bond acceptors (Lipinski definition) is 4. The third-order valence-electron chi connectivity index (χ3n) is 2.96. The molecule has 2 heterocycles. The molecule has 6 nitrogen and oxygen atoms in total. The first-order chi connectivity index (χ1) is 9.60. The number of carbonyl (C=O) groups excluding carboxylic acids is 1. The monoisotopic (exact) mass is 295 g/mol. The van der Waals surface area contributed by atoms with Crippen molar-refractivity contribution in [2.24, 2.45) is 0 Å². The highest BCUT2D eigenvalue weighted by atomic mass is 32.1. The molecule has 0 saturated heterocycles. The summed E-state index contributed by atoms with van der Waals surface area (Å²) in [5.41, 5.74) is 0.647. The summed E-state index contributed by atoms with van der Waals surface area (Å²) in [7, 11) is 0. The molecule has 2 aromatic heterocycles. The fraction of sp³-hybridized carbons (Fsp3) is 0.462. The lowest BCUT2D eigenvalue weighted by Crippen LogP contribution is -2.41. The maximum atomic E-state index is 11.9. The fourth-order valence-corrected chi connectivity index (χ4v) is 2.66. The minimum Gasteiger partial charge on any atom is -0.480 e. The summed E-state index contributed by atoms with van der Waals surface area (Å²) in [5.74, 6) is -1.29. The highest BCUT2D eigenvalue weighted by Gasteiger charge is 2.19. The Morgan fingerprint density at radius 2 is 2.35 bits per heavy atom. The Bertz CT molecular complexity index is 576. The number of rotatable bonds is 7. The Balaban J connectivity index is 1.93. The van der Waals surface area contributed by atoms with Gasteiger partial charge < -0.3 is 10.4 Å². The number of carbonyl (C=O) groups is 2. The van der Waals surface area contributed by atoms with Crippen LogP contribution in [0.15, 0.2) is 17.8 Å². The van der Waals surface area contributed by atoms with Crippen LogP contribution in [0.4, 0.5) is 0 Å². The van der Waals surface area contributed by atoms with E-state index in [4.69, 9.17) is 5.11 Å². The number of unbranched alkanes of at least 4 members (excludes halogenated alkanes) is 1. The maximum absolute atomic E-state index is 11.9. The zero-order chi connectivity index (χ0) is 14.5. The zero-order valence-corrected chi connectivity index (χ0v) is 12.0. The van der Waals surface area contributed by atoms with Crippen LogP contribution in [-0.4, -0.2) is 32.4 Å². The van der Waals surface area contributed by atoms with Gasteiger partial charge in [0.15, 0.2) is 4.96 Å². The van der Waals surface area contributed by atoms with Crippen molar-refractivity contribution < 1.29 is 14.7 Å². The van der Waals surface area contributed by atoms with E-state index < -0.39 is 12.0 Å². The van der Waals surface area contributed by atoms with Crippen LogP contribution in [0.3, 0.4) is 0 Å². The van der Waals surface area contributed by atoms with Crippen molar-refractivity contribution in [1.29, 1.82) is 0 Å². The molecule has 0 aromatic carbocycles. The van der Waals surface area contributed by atoms with Gasteiger partial charge in [-0.1, -0.05) is 19.8 Å². The van der Waals surface area contributed by atoms with E-state index in [1.165, 1.54) is 11.3 Å². The van der Waals surface area contributed by atoms with Crippen molar-refractivity contribution >= 4 is 28.2 Å². The van der Waals surface area contributed by atoms with E-state index in [0.29, 0.717) is 12.1 Å². The lowest BCUT2D eigenvalue weighted by molar-refractivity contribution is -0.142. The molecule has 2 N–H and O–H groups in total. The van der Waals surface area contributed by atoms with Crippen molar-refractivity contribution in [3.8, 4) is 0 Å². The van der Waals surface area contributed by atoms with Gasteiger partial charge in [0, 0.05) is 17.8 Å². The molecule has 0 spiro atoms. The predicted molar refractivity (Wildman–Crippen MR) is 75.9 cm³/mol. The number of aliphatic carboxylic acids is 1. The normalized spacial score (nSPS) is 12.4. The summed E-state index contributed by atoms with van der Waals surface area (Å²) in [6.45, 7) is 1.98. The van der Waals surface area contributed by atoms with E-state index in [9.17, 15) is 9.59 Å². The molecule has 0 radical (unpaired) electrons. The van der Waals surface area contributed by atoms with Gasteiger partial charge in [0.05, 0.1) is 12.1 Å². The lowest BCUT2D eigenvalue weighted by atomic mass is 10.1. The van der Waals surface area contributed by atoms with Crippen LogP contribution in [0.5, 0.6) is 0 Å². The quantitative estimate of drug-likeness (QED) is 0.814. The second-order valence-corrected chi connectivity index (χ2v) is 5.48. The summed E-state index contributed by atoms with van der Waals surface area (Å²) < 4.78 is 1.85. The summed E-state index contributed by atoms with van der Waals surface area (Å²) in [6, 6.07) is -0.814. The molecule has 2 rings (SSSR count). The minimum atomic E-state index is -0.988. The van der Waals surface area contributed by atoms with Crippen LogP contribution in [0, 0.1) is 0 Å². The third kappa shape index (κ3) is 3.57. The molecule has 1 atom stereocenters. The Morgan fingerprint density at radius 1 is 1.55 bits per heavy atom. The van der Waals surface area contributed by atoms with E-state index in [2.05, 4.69) is 10.3 Å². The molecule has 0 saturated carbocycles. The first-order valence-electron chi connectivity index (χ1n) is 6.53. The number of thiazole rings is 1. The average Bonchev–Trinajstić information content (AvgIpc) is 2.94. The molecular formula is C13H17N3O3S. The van der Waals surface area contributed by atoms with E-state index >= 15 is 0 Å². The van der Waals surface area contributed by atoms with E-state index in [1.807, 2.05) is 22.9 Å². The molecule has 0 aliphatic rings. The average molecular weight is 295 g/mol. The number of carboxylic acids is 1. The number of fused-ring (bicyclic) bond motifs is 1. The number of nitrogens with one attached hydrogen (secondary N) is 1. The molecule has 2 aromatic rings. The highest BCUT2D eigenvalue weighted by Crippen LogP contribution is 2.11. The maximum Gasteiger partial charge on any atom is 0.326 e. The lowest BCUT2D eigenvalue weighted by Gasteiger charge is -2.13. The smallest absolute Gasteiger partial charge is 0.326 e. The second kappa shape index (κ2) is 6.51.